The van der Waals surface area contributed by atoms with Gasteiger partial charge in [0.1, 0.15) is 5.75 Å². The van der Waals surface area contributed by atoms with Crippen molar-refractivity contribution in [2.75, 3.05) is 50.9 Å². The molecule has 0 saturated carbocycles. The van der Waals surface area contributed by atoms with Gasteiger partial charge in [-0.25, -0.2) is 4.98 Å². The van der Waals surface area contributed by atoms with E-state index in [1.54, 1.807) is 7.11 Å². The Kier molecular flexibility index (Phi) is 7.20. The molecule has 0 aliphatic carbocycles. The normalized spacial score (nSPS) is 14.5. The summed E-state index contributed by atoms with van der Waals surface area (Å²) in [7, 11) is 1.63. The van der Waals surface area contributed by atoms with E-state index in [1.165, 1.54) is 11.8 Å². The number of para-hydroxylation sites is 1. The van der Waals surface area contributed by atoms with Crippen molar-refractivity contribution in [3.8, 4) is 5.75 Å². The summed E-state index contributed by atoms with van der Waals surface area (Å²) in [5.74, 6) is 1.14. The fourth-order valence-corrected chi connectivity index (χ4v) is 4.72. The van der Waals surface area contributed by atoms with Gasteiger partial charge in [0.05, 0.1) is 30.4 Å². The number of aromatic amines is 1. The molecule has 1 aromatic heterocycles. The first-order valence-corrected chi connectivity index (χ1v) is 11.9. The number of aryl methyl sites for hydroxylation is 2. The summed E-state index contributed by atoms with van der Waals surface area (Å²) in [5.41, 5.74) is 4.73. The van der Waals surface area contributed by atoms with Gasteiger partial charge in [-0.1, -0.05) is 30.0 Å². The zero-order valence-electron chi connectivity index (χ0n) is 19.2. The molecule has 1 aliphatic heterocycles. The zero-order valence-corrected chi connectivity index (χ0v) is 20.0. The molecular weight excluding hydrogens is 438 g/mol. The van der Waals surface area contributed by atoms with Crippen LogP contribution in [0, 0.1) is 13.8 Å². The SMILES string of the molecule is COc1ccc2nc(SCC(=O)N3CCN(CC(=O)Nc4c(C)cccc4C)CC3)[nH]c2c1. The number of rotatable bonds is 7. The molecule has 174 valence electrons. The van der Waals surface area contributed by atoms with E-state index in [-0.39, 0.29) is 11.8 Å². The predicted molar refractivity (Wildman–Crippen MR) is 131 cm³/mol. The van der Waals surface area contributed by atoms with Crippen molar-refractivity contribution in [1.29, 1.82) is 0 Å². The van der Waals surface area contributed by atoms with Crippen molar-refractivity contribution < 1.29 is 14.3 Å². The summed E-state index contributed by atoms with van der Waals surface area (Å²) in [6.07, 6.45) is 0. The molecular formula is C24H29N5O3S. The van der Waals surface area contributed by atoms with Gasteiger partial charge in [-0.2, -0.15) is 0 Å². The lowest BCUT2D eigenvalue weighted by atomic mass is 10.1. The maximum Gasteiger partial charge on any atom is 0.238 e. The Bertz CT molecular complexity index is 1130. The van der Waals surface area contributed by atoms with Crippen LogP contribution in [-0.4, -0.2) is 77.2 Å². The average Bonchev–Trinajstić information content (AvgIpc) is 3.22. The van der Waals surface area contributed by atoms with Gasteiger partial charge in [-0.15, -0.1) is 0 Å². The minimum atomic E-state index is -0.0238. The Labute approximate surface area is 197 Å². The average molecular weight is 468 g/mol. The monoisotopic (exact) mass is 467 g/mol. The number of amides is 2. The highest BCUT2D eigenvalue weighted by molar-refractivity contribution is 7.99. The fraction of sp³-hybridized carbons (Fsp3) is 0.375. The van der Waals surface area contributed by atoms with E-state index in [9.17, 15) is 9.59 Å². The van der Waals surface area contributed by atoms with Gasteiger partial charge in [0.2, 0.25) is 11.8 Å². The lowest BCUT2D eigenvalue weighted by Crippen LogP contribution is -2.50. The number of carbonyl (C=O) groups excluding carboxylic acids is 2. The third kappa shape index (κ3) is 5.66. The molecule has 2 amide bonds. The Hall–Kier alpha value is -3.04. The van der Waals surface area contributed by atoms with Crippen molar-refractivity contribution in [2.45, 2.75) is 19.0 Å². The third-order valence-corrected chi connectivity index (χ3v) is 6.70. The van der Waals surface area contributed by atoms with Crippen LogP contribution in [0.4, 0.5) is 5.69 Å². The van der Waals surface area contributed by atoms with E-state index in [4.69, 9.17) is 4.74 Å². The van der Waals surface area contributed by atoms with Crippen LogP contribution in [0.25, 0.3) is 11.0 Å². The topological polar surface area (TPSA) is 90.6 Å². The highest BCUT2D eigenvalue weighted by Gasteiger charge is 2.23. The van der Waals surface area contributed by atoms with Gasteiger partial charge >= 0.3 is 0 Å². The van der Waals surface area contributed by atoms with Crippen molar-refractivity contribution in [2.24, 2.45) is 0 Å². The van der Waals surface area contributed by atoms with Gasteiger partial charge in [0, 0.05) is 37.9 Å². The Morgan fingerprint density at radius 2 is 1.85 bits per heavy atom. The summed E-state index contributed by atoms with van der Waals surface area (Å²) in [5, 5.41) is 3.75. The number of aromatic nitrogens is 2. The number of methoxy groups -OCH3 is 1. The zero-order chi connectivity index (χ0) is 23.4. The standard InChI is InChI=1S/C24H29N5O3S/c1-16-5-4-6-17(2)23(16)27-21(30)14-28-9-11-29(12-10-28)22(31)15-33-24-25-19-8-7-18(32-3)13-20(19)26-24/h4-8,13H,9-12,14-15H2,1-3H3,(H,25,26)(H,27,30). The van der Waals surface area contributed by atoms with E-state index >= 15 is 0 Å². The second kappa shape index (κ2) is 10.3. The Balaban J connectivity index is 1.23. The first-order chi connectivity index (χ1) is 15.9. The number of nitrogens with zero attached hydrogens (tertiary/aromatic N) is 3. The molecule has 2 heterocycles. The van der Waals surface area contributed by atoms with E-state index in [1.807, 2.05) is 55.1 Å². The van der Waals surface area contributed by atoms with E-state index in [0.29, 0.717) is 43.6 Å². The molecule has 2 aromatic carbocycles. The van der Waals surface area contributed by atoms with Crippen LogP contribution < -0.4 is 10.1 Å². The largest absolute Gasteiger partial charge is 0.497 e. The van der Waals surface area contributed by atoms with Crippen LogP contribution in [0.3, 0.4) is 0 Å². The summed E-state index contributed by atoms with van der Waals surface area (Å²) >= 11 is 1.40. The first-order valence-electron chi connectivity index (χ1n) is 11.0. The molecule has 0 radical (unpaired) electrons. The molecule has 1 saturated heterocycles. The van der Waals surface area contributed by atoms with Gasteiger partial charge in [-0.3, -0.25) is 14.5 Å². The quantitative estimate of drug-likeness (QED) is 0.519. The van der Waals surface area contributed by atoms with Gasteiger partial charge < -0.3 is 19.9 Å². The second-order valence-electron chi connectivity index (χ2n) is 8.19. The van der Waals surface area contributed by atoms with Gasteiger partial charge in [-0.05, 0) is 37.1 Å². The molecule has 0 atom stereocenters. The number of ether oxygens (including phenoxy) is 1. The van der Waals surface area contributed by atoms with E-state index in [2.05, 4.69) is 20.2 Å². The van der Waals surface area contributed by atoms with Crippen molar-refractivity contribution >= 4 is 40.3 Å². The lowest BCUT2D eigenvalue weighted by molar-refractivity contribution is -0.130. The predicted octanol–water partition coefficient (Wildman–Crippen LogP) is 3.06. The number of anilines is 1. The molecule has 33 heavy (non-hydrogen) atoms. The number of carbonyl (C=O) groups is 2. The van der Waals surface area contributed by atoms with Gasteiger partial charge in [0.25, 0.3) is 0 Å². The van der Waals surface area contributed by atoms with Crippen molar-refractivity contribution in [3.05, 3.63) is 47.5 Å². The Morgan fingerprint density at radius 3 is 2.55 bits per heavy atom. The number of fused-ring (bicyclic) bond motifs is 1. The molecule has 9 heteroatoms. The van der Waals surface area contributed by atoms with Crippen LogP contribution in [0.1, 0.15) is 11.1 Å². The van der Waals surface area contributed by atoms with Crippen LogP contribution in [0.15, 0.2) is 41.6 Å². The number of imidazole rings is 1. The first kappa shape index (κ1) is 23.1. The number of hydrogen-bond acceptors (Lipinski definition) is 6. The maximum absolute atomic E-state index is 12.7. The van der Waals surface area contributed by atoms with Gasteiger partial charge in [0.15, 0.2) is 5.16 Å². The molecule has 2 N–H and O–H groups in total. The number of hydrogen-bond donors (Lipinski definition) is 2. The summed E-state index contributed by atoms with van der Waals surface area (Å²) in [4.78, 5) is 36.9. The maximum atomic E-state index is 12.7. The fourth-order valence-electron chi connectivity index (χ4n) is 3.93. The Morgan fingerprint density at radius 1 is 1.12 bits per heavy atom. The molecule has 3 aromatic rings. The minimum Gasteiger partial charge on any atom is -0.497 e. The summed E-state index contributed by atoms with van der Waals surface area (Å²) in [6, 6.07) is 11.6. The summed E-state index contributed by atoms with van der Waals surface area (Å²) in [6.45, 7) is 6.91. The van der Waals surface area contributed by atoms with Crippen LogP contribution in [0.5, 0.6) is 5.75 Å². The van der Waals surface area contributed by atoms with Crippen LogP contribution in [0.2, 0.25) is 0 Å². The second-order valence-corrected chi connectivity index (χ2v) is 9.15. The van der Waals surface area contributed by atoms with Crippen LogP contribution >= 0.6 is 11.8 Å². The number of thioether (sulfide) groups is 1. The molecule has 0 unspecified atom stereocenters. The van der Waals surface area contributed by atoms with Crippen molar-refractivity contribution in [1.82, 2.24) is 19.8 Å². The van der Waals surface area contributed by atoms with Crippen LogP contribution in [-0.2, 0) is 9.59 Å². The summed E-state index contributed by atoms with van der Waals surface area (Å²) < 4.78 is 5.24. The molecule has 4 rings (SSSR count). The molecule has 1 aliphatic rings. The molecule has 8 nitrogen and oxygen atoms in total. The third-order valence-electron chi connectivity index (χ3n) is 5.84. The number of benzene rings is 2. The smallest absolute Gasteiger partial charge is 0.238 e. The molecule has 1 fully saturated rings. The van der Waals surface area contributed by atoms with Crippen molar-refractivity contribution in [3.63, 3.8) is 0 Å². The minimum absolute atomic E-state index is 0.0238. The number of H-pyrrole nitrogens is 1. The van der Waals surface area contributed by atoms with E-state index in [0.717, 1.165) is 33.6 Å². The lowest BCUT2D eigenvalue weighted by Gasteiger charge is -2.34. The molecule has 0 bridgehead atoms. The highest BCUT2D eigenvalue weighted by atomic mass is 32.2. The highest BCUT2D eigenvalue weighted by Crippen LogP contribution is 2.23. The molecule has 0 spiro atoms. The number of nitrogens with one attached hydrogen (secondary N) is 2. The number of piperazine rings is 1. The van der Waals surface area contributed by atoms with E-state index < -0.39 is 0 Å².